The number of hydrogen-bond donors (Lipinski definition) is 0. The third kappa shape index (κ3) is 5.17. The Morgan fingerprint density at radius 3 is 2.00 bits per heavy atom. The predicted molar refractivity (Wildman–Crippen MR) is 79.7 cm³/mol. The van der Waals surface area contributed by atoms with Gasteiger partial charge >= 0.3 is 17.7 Å². The fourth-order valence-corrected chi connectivity index (χ4v) is 3.21. The van der Waals surface area contributed by atoms with Crippen molar-refractivity contribution in [2.45, 2.75) is 45.0 Å². The maximum Gasteiger partial charge on any atom is 0.420 e. The summed E-state index contributed by atoms with van der Waals surface area (Å²) in [4.78, 5) is 38.4. The van der Waals surface area contributed by atoms with Crippen molar-refractivity contribution in [2.24, 2.45) is 0 Å². The van der Waals surface area contributed by atoms with Crippen LogP contribution in [0, 0.1) is 0 Å². The number of ether oxygens (including phenoxy) is 2. The maximum absolute atomic E-state index is 12.3. The van der Waals surface area contributed by atoms with Crippen LogP contribution in [0.15, 0.2) is 0 Å². The van der Waals surface area contributed by atoms with Gasteiger partial charge in [-0.2, -0.15) is 4.79 Å². The fraction of sp³-hybridized carbons (Fsp3) is 0.692. The molecule has 0 fully saturated rings. The van der Waals surface area contributed by atoms with Gasteiger partial charge in [0.2, 0.25) is 0 Å². The summed E-state index contributed by atoms with van der Waals surface area (Å²) < 4.78 is 15.1. The standard InChI is InChI=1S/C13H22N2O6Si/c1-9(16)7-8-13(12(18)20-3,21-22(4,5)6)10(15-14)11(17)19-2/h7-8H2,1-6H3. The van der Waals surface area contributed by atoms with Gasteiger partial charge in [0.05, 0.1) is 14.2 Å². The SMILES string of the molecule is COC(=O)C(=[N+]=[N-])C(CCC(C)=O)(O[Si](C)(C)C)C(=O)OC. The van der Waals surface area contributed by atoms with E-state index in [9.17, 15) is 19.9 Å². The summed E-state index contributed by atoms with van der Waals surface area (Å²) in [7, 11) is -0.199. The molecule has 0 bridgehead atoms. The van der Waals surface area contributed by atoms with E-state index < -0.39 is 31.6 Å². The van der Waals surface area contributed by atoms with Gasteiger partial charge in [0.15, 0.2) is 8.32 Å². The second-order valence-electron chi connectivity index (χ2n) is 5.68. The van der Waals surface area contributed by atoms with Gasteiger partial charge in [-0.1, -0.05) is 0 Å². The number of hydrogen-bond acceptors (Lipinski definition) is 6. The number of methoxy groups -OCH3 is 2. The normalized spacial score (nSPS) is 13.5. The van der Waals surface area contributed by atoms with E-state index in [1.54, 1.807) is 19.6 Å². The number of ketones is 1. The molecule has 0 heterocycles. The van der Waals surface area contributed by atoms with Crippen LogP contribution < -0.4 is 0 Å². The van der Waals surface area contributed by atoms with Crippen LogP contribution in [0.1, 0.15) is 19.8 Å². The first-order chi connectivity index (χ1) is 10.0. The highest BCUT2D eigenvalue weighted by Gasteiger charge is 2.58. The van der Waals surface area contributed by atoms with Crippen LogP contribution in [0.2, 0.25) is 19.6 Å². The average Bonchev–Trinajstić information content (AvgIpc) is 2.42. The van der Waals surface area contributed by atoms with Gasteiger partial charge in [-0.25, -0.2) is 9.59 Å². The van der Waals surface area contributed by atoms with E-state index in [2.05, 4.69) is 9.53 Å². The Hall–Kier alpha value is -1.83. The molecule has 1 atom stereocenters. The van der Waals surface area contributed by atoms with E-state index in [4.69, 9.17) is 9.16 Å². The lowest BCUT2D eigenvalue weighted by Gasteiger charge is -2.32. The number of Topliss-reactive ketones (excluding diaryl/α,β-unsaturated/α-hetero) is 1. The van der Waals surface area contributed by atoms with Gasteiger partial charge in [0.25, 0.3) is 5.60 Å². The molecule has 0 N–H and O–H groups in total. The van der Waals surface area contributed by atoms with Crippen LogP contribution in [-0.4, -0.2) is 56.4 Å². The molecule has 0 radical (unpaired) electrons. The zero-order valence-corrected chi connectivity index (χ0v) is 14.8. The zero-order valence-electron chi connectivity index (χ0n) is 13.8. The lowest BCUT2D eigenvalue weighted by Crippen LogP contribution is -2.58. The predicted octanol–water partition coefficient (Wildman–Crippen LogP) is 0.963. The van der Waals surface area contributed by atoms with Gasteiger partial charge in [-0.05, 0) is 26.6 Å². The number of esters is 2. The second-order valence-corrected chi connectivity index (χ2v) is 10.1. The molecule has 124 valence electrons. The minimum atomic E-state index is -2.39. The Bertz CT molecular complexity index is 507. The van der Waals surface area contributed by atoms with Crippen LogP contribution >= 0.6 is 0 Å². The molecule has 22 heavy (non-hydrogen) atoms. The van der Waals surface area contributed by atoms with Gasteiger partial charge in [-0.15, -0.1) is 0 Å². The van der Waals surface area contributed by atoms with E-state index in [-0.39, 0.29) is 18.6 Å². The van der Waals surface area contributed by atoms with E-state index in [1.807, 2.05) is 0 Å². The van der Waals surface area contributed by atoms with Crippen LogP contribution in [0.25, 0.3) is 5.53 Å². The molecule has 0 aliphatic carbocycles. The first kappa shape index (κ1) is 20.2. The highest BCUT2D eigenvalue weighted by atomic mass is 28.4. The molecule has 1 unspecified atom stereocenters. The smallest absolute Gasteiger partial charge is 0.420 e. The van der Waals surface area contributed by atoms with Crippen molar-refractivity contribution in [3.63, 3.8) is 0 Å². The topological polar surface area (TPSA) is 115 Å². The van der Waals surface area contributed by atoms with E-state index in [0.29, 0.717) is 0 Å². The van der Waals surface area contributed by atoms with Crippen molar-refractivity contribution in [1.82, 2.24) is 0 Å². The molecule has 0 aromatic heterocycles. The van der Waals surface area contributed by atoms with Crippen molar-refractivity contribution in [3.05, 3.63) is 5.53 Å². The zero-order chi connectivity index (χ0) is 17.6. The quantitative estimate of drug-likeness (QED) is 0.215. The molecule has 0 aliphatic rings. The number of rotatable bonds is 8. The molecule has 0 rings (SSSR count). The average molecular weight is 330 g/mol. The Balaban J connectivity index is 6.15. The third-order valence-electron chi connectivity index (χ3n) is 2.69. The molecule has 0 aliphatic heterocycles. The van der Waals surface area contributed by atoms with E-state index in [0.717, 1.165) is 14.2 Å². The number of carbonyl (C=O) groups excluding carboxylic acids is 3. The largest absolute Gasteiger partial charge is 0.466 e. The van der Waals surface area contributed by atoms with Gasteiger partial charge in [-0.3, -0.25) is 0 Å². The van der Waals surface area contributed by atoms with Crippen molar-refractivity contribution in [2.75, 3.05) is 14.2 Å². The summed E-state index contributed by atoms with van der Waals surface area (Å²) in [5.74, 6) is -2.17. The van der Waals surface area contributed by atoms with Crippen LogP contribution in [0.3, 0.4) is 0 Å². The summed E-state index contributed by atoms with van der Waals surface area (Å²) in [6, 6.07) is 0. The fourth-order valence-electron chi connectivity index (χ4n) is 1.88. The molecule has 0 saturated carbocycles. The van der Waals surface area contributed by atoms with E-state index in [1.165, 1.54) is 6.92 Å². The summed E-state index contributed by atoms with van der Waals surface area (Å²) in [6.07, 6.45) is -0.247. The van der Waals surface area contributed by atoms with Gasteiger partial charge < -0.3 is 24.2 Å². The molecule has 0 aromatic rings. The molecule has 0 aromatic carbocycles. The molecule has 0 spiro atoms. The van der Waals surface area contributed by atoms with Crippen molar-refractivity contribution in [1.29, 1.82) is 0 Å². The van der Waals surface area contributed by atoms with Crippen molar-refractivity contribution in [3.8, 4) is 0 Å². The summed E-state index contributed by atoms with van der Waals surface area (Å²) in [6.45, 7) is 6.69. The minimum absolute atomic E-state index is 0.0599. The number of carbonyl (C=O) groups is 3. The Labute approximate surface area is 130 Å². The molecule has 0 saturated heterocycles. The summed E-state index contributed by atoms with van der Waals surface area (Å²) in [5.41, 5.74) is 6.59. The monoisotopic (exact) mass is 330 g/mol. The van der Waals surface area contributed by atoms with Gasteiger partial charge in [0.1, 0.15) is 5.78 Å². The van der Waals surface area contributed by atoms with Crippen molar-refractivity contribution >= 4 is 31.8 Å². The summed E-state index contributed by atoms with van der Waals surface area (Å²) in [5, 5.41) is 0. The number of nitrogens with zero attached hydrogens (tertiary/aromatic N) is 2. The Kier molecular flexibility index (Phi) is 7.31. The lowest BCUT2D eigenvalue weighted by atomic mass is 9.91. The van der Waals surface area contributed by atoms with Crippen LogP contribution in [0.5, 0.6) is 0 Å². The first-order valence-corrected chi connectivity index (χ1v) is 10.0. The van der Waals surface area contributed by atoms with Crippen molar-refractivity contribution < 1.29 is 33.1 Å². The second kappa shape index (κ2) is 7.97. The van der Waals surface area contributed by atoms with E-state index >= 15 is 0 Å². The molecular formula is C13H22N2O6Si. The molecule has 9 heteroatoms. The lowest BCUT2D eigenvalue weighted by molar-refractivity contribution is -0.161. The highest BCUT2D eigenvalue weighted by Crippen LogP contribution is 2.27. The van der Waals surface area contributed by atoms with Crippen LogP contribution in [0.4, 0.5) is 0 Å². The molecular weight excluding hydrogens is 308 g/mol. The molecule has 0 amide bonds. The van der Waals surface area contributed by atoms with Gasteiger partial charge in [0, 0.05) is 12.8 Å². The maximum atomic E-state index is 12.3. The first-order valence-electron chi connectivity index (χ1n) is 6.63. The summed E-state index contributed by atoms with van der Waals surface area (Å²) >= 11 is 0. The minimum Gasteiger partial charge on any atom is -0.466 e. The van der Waals surface area contributed by atoms with Crippen LogP contribution in [-0.2, 0) is 28.3 Å². The third-order valence-corrected chi connectivity index (χ3v) is 3.65. The highest BCUT2D eigenvalue weighted by molar-refractivity contribution is 6.70. The Morgan fingerprint density at radius 1 is 1.14 bits per heavy atom. The molecule has 8 nitrogen and oxygen atoms in total. The Morgan fingerprint density at radius 2 is 1.68 bits per heavy atom.